The number of esters is 2. The highest BCUT2D eigenvalue weighted by Gasteiger charge is 2.05. The van der Waals surface area contributed by atoms with E-state index >= 15 is 0 Å². The SMILES string of the molecule is CCOC(=O)COC(=O)/C=C/c1cnn(-c2ccccc2)c1. The van der Waals surface area contributed by atoms with Crippen LogP contribution in [0.4, 0.5) is 0 Å². The average molecular weight is 300 g/mol. The monoisotopic (exact) mass is 300 g/mol. The number of para-hydroxylation sites is 1. The van der Waals surface area contributed by atoms with Gasteiger partial charge in [-0.15, -0.1) is 0 Å². The quantitative estimate of drug-likeness (QED) is 0.602. The molecule has 0 saturated carbocycles. The predicted molar refractivity (Wildman–Crippen MR) is 80.2 cm³/mol. The van der Waals surface area contributed by atoms with Crippen LogP contribution in [0.5, 0.6) is 0 Å². The number of ether oxygens (including phenoxy) is 2. The molecule has 0 radical (unpaired) electrons. The Hall–Kier alpha value is -2.89. The lowest BCUT2D eigenvalue weighted by molar-refractivity contribution is -0.155. The molecule has 0 spiro atoms. The minimum Gasteiger partial charge on any atom is -0.463 e. The van der Waals surface area contributed by atoms with Crippen LogP contribution in [-0.2, 0) is 19.1 Å². The minimum absolute atomic E-state index is 0.255. The Bertz CT molecular complexity index is 662. The molecule has 0 fully saturated rings. The molecule has 0 aliphatic heterocycles. The van der Waals surface area contributed by atoms with E-state index in [2.05, 4.69) is 9.84 Å². The van der Waals surface area contributed by atoms with Crippen LogP contribution in [0, 0.1) is 0 Å². The van der Waals surface area contributed by atoms with Crippen molar-refractivity contribution in [2.75, 3.05) is 13.2 Å². The summed E-state index contributed by atoms with van der Waals surface area (Å²) in [6, 6.07) is 9.61. The van der Waals surface area contributed by atoms with Crippen molar-refractivity contribution in [3.63, 3.8) is 0 Å². The first-order valence-corrected chi connectivity index (χ1v) is 6.79. The number of benzene rings is 1. The lowest BCUT2D eigenvalue weighted by Crippen LogP contribution is -2.14. The summed E-state index contributed by atoms with van der Waals surface area (Å²) in [6.07, 6.45) is 6.22. The second-order valence-electron chi connectivity index (χ2n) is 4.30. The lowest BCUT2D eigenvalue weighted by Gasteiger charge is -2.01. The third-order valence-corrected chi connectivity index (χ3v) is 2.67. The van der Waals surface area contributed by atoms with Crippen molar-refractivity contribution < 1.29 is 19.1 Å². The predicted octanol–water partition coefficient (Wildman–Crippen LogP) is 1.99. The molecule has 0 amide bonds. The summed E-state index contributed by atoms with van der Waals surface area (Å²) in [5.74, 6) is -1.18. The fraction of sp³-hybridized carbons (Fsp3) is 0.188. The zero-order valence-corrected chi connectivity index (χ0v) is 12.1. The van der Waals surface area contributed by atoms with E-state index in [4.69, 9.17) is 4.74 Å². The van der Waals surface area contributed by atoms with Gasteiger partial charge in [-0.1, -0.05) is 18.2 Å². The molecule has 0 N–H and O–H groups in total. The van der Waals surface area contributed by atoms with Gasteiger partial charge in [-0.3, -0.25) is 0 Å². The highest BCUT2D eigenvalue weighted by molar-refractivity contribution is 5.88. The normalized spacial score (nSPS) is 10.6. The topological polar surface area (TPSA) is 70.4 Å². The molecular weight excluding hydrogens is 284 g/mol. The van der Waals surface area contributed by atoms with E-state index in [0.717, 1.165) is 11.3 Å². The van der Waals surface area contributed by atoms with Crippen LogP contribution in [0.25, 0.3) is 11.8 Å². The highest BCUT2D eigenvalue weighted by Crippen LogP contribution is 2.08. The number of rotatable bonds is 6. The molecule has 114 valence electrons. The van der Waals surface area contributed by atoms with E-state index in [1.54, 1.807) is 30.1 Å². The summed E-state index contributed by atoms with van der Waals surface area (Å²) in [4.78, 5) is 22.5. The van der Waals surface area contributed by atoms with Crippen LogP contribution in [0.3, 0.4) is 0 Å². The van der Waals surface area contributed by atoms with Gasteiger partial charge in [-0.05, 0) is 25.1 Å². The van der Waals surface area contributed by atoms with Crippen molar-refractivity contribution in [1.82, 2.24) is 9.78 Å². The van der Waals surface area contributed by atoms with E-state index < -0.39 is 11.9 Å². The van der Waals surface area contributed by atoms with E-state index in [0.29, 0.717) is 0 Å². The molecule has 1 aromatic carbocycles. The van der Waals surface area contributed by atoms with Crippen LogP contribution in [0.15, 0.2) is 48.8 Å². The van der Waals surface area contributed by atoms with Gasteiger partial charge in [0.15, 0.2) is 6.61 Å². The van der Waals surface area contributed by atoms with Crippen molar-refractivity contribution in [3.8, 4) is 5.69 Å². The average Bonchev–Trinajstić information content (AvgIpc) is 3.01. The van der Waals surface area contributed by atoms with Gasteiger partial charge in [0, 0.05) is 17.8 Å². The summed E-state index contributed by atoms with van der Waals surface area (Å²) < 4.78 is 11.1. The van der Waals surface area contributed by atoms with Gasteiger partial charge in [0.2, 0.25) is 0 Å². The Morgan fingerprint density at radius 3 is 2.73 bits per heavy atom. The Kier molecular flexibility index (Phi) is 5.48. The summed E-state index contributed by atoms with van der Waals surface area (Å²) in [5, 5.41) is 4.20. The number of nitrogens with zero attached hydrogens (tertiary/aromatic N) is 2. The van der Waals surface area contributed by atoms with E-state index in [1.807, 2.05) is 30.3 Å². The second-order valence-corrected chi connectivity index (χ2v) is 4.30. The van der Waals surface area contributed by atoms with Crippen molar-refractivity contribution in [3.05, 3.63) is 54.4 Å². The molecule has 0 atom stereocenters. The van der Waals surface area contributed by atoms with Crippen molar-refractivity contribution >= 4 is 18.0 Å². The maximum Gasteiger partial charge on any atom is 0.344 e. The van der Waals surface area contributed by atoms with Gasteiger partial charge in [0.1, 0.15) is 0 Å². The first kappa shape index (κ1) is 15.5. The van der Waals surface area contributed by atoms with Crippen LogP contribution in [-0.4, -0.2) is 34.9 Å². The fourth-order valence-corrected chi connectivity index (χ4v) is 1.69. The molecule has 0 aliphatic carbocycles. The summed E-state index contributed by atoms with van der Waals surface area (Å²) in [7, 11) is 0. The van der Waals surface area contributed by atoms with Gasteiger partial charge >= 0.3 is 11.9 Å². The van der Waals surface area contributed by atoms with Crippen molar-refractivity contribution in [2.45, 2.75) is 6.92 Å². The van der Waals surface area contributed by atoms with Crippen LogP contribution in [0.2, 0.25) is 0 Å². The zero-order valence-electron chi connectivity index (χ0n) is 12.1. The standard InChI is InChI=1S/C16H16N2O4/c1-2-21-16(20)12-22-15(19)9-8-13-10-17-18(11-13)14-6-4-3-5-7-14/h3-11H,2,12H2,1H3/b9-8+. The van der Waals surface area contributed by atoms with Crippen molar-refractivity contribution in [1.29, 1.82) is 0 Å². The summed E-state index contributed by atoms with van der Waals surface area (Å²) in [6.45, 7) is 1.55. The molecule has 6 nitrogen and oxygen atoms in total. The lowest BCUT2D eigenvalue weighted by atomic mass is 10.3. The number of hydrogen-bond acceptors (Lipinski definition) is 5. The molecule has 1 aromatic heterocycles. The van der Waals surface area contributed by atoms with E-state index in [-0.39, 0.29) is 13.2 Å². The van der Waals surface area contributed by atoms with E-state index in [9.17, 15) is 9.59 Å². The largest absolute Gasteiger partial charge is 0.463 e. The summed E-state index contributed by atoms with van der Waals surface area (Å²) in [5.41, 5.74) is 1.67. The second kappa shape index (κ2) is 7.78. The van der Waals surface area contributed by atoms with E-state index in [1.165, 1.54) is 6.08 Å². The highest BCUT2D eigenvalue weighted by atomic mass is 16.6. The van der Waals surface area contributed by atoms with Crippen molar-refractivity contribution in [2.24, 2.45) is 0 Å². The minimum atomic E-state index is -0.611. The molecule has 0 saturated heterocycles. The van der Waals surface area contributed by atoms with Crippen LogP contribution < -0.4 is 0 Å². The summed E-state index contributed by atoms with van der Waals surface area (Å²) >= 11 is 0. The molecule has 2 aromatic rings. The first-order valence-electron chi connectivity index (χ1n) is 6.79. The Labute approximate surface area is 128 Å². The van der Waals surface area contributed by atoms with Gasteiger partial charge in [0.25, 0.3) is 0 Å². The molecule has 6 heteroatoms. The van der Waals surface area contributed by atoms with Gasteiger partial charge in [-0.2, -0.15) is 5.10 Å². The van der Waals surface area contributed by atoms with Gasteiger partial charge in [0.05, 0.1) is 18.5 Å². The maximum absolute atomic E-state index is 11.5. The van der Waals surface area contributed by atoms with Gasteiger partial charge < -0.3 is 9.47 Å². The Morgan fingerprint density at radius 2 is 2.00 bits per heavy atom. The molecule has 0 unspecified atom stereocenters. The van der Waals surface area contributed by atoms with Gasteiger partial charge in [-0.25, -0.2) is 14.3 Å². The molecule has 2 rings (SSSR count). The maximum atomic E-state index is 11.5. The molecule has 22 heavy (non-hydrogen) atoms. The molecule has 1 heterocycles. The third kappa shape index (κ3) is 4.59. The van der Waals surface area contributed by atoms with Crippen LogP contribution >= 0.6 is 0 Å². The van der Waals surface area contributed by atoms with Crippen LogP contribution in [0.1, 0.15) is 12.5 Å². The Balaban J connectivity index is 1.90. The molecule has 0 bridgehead atoms. The fourth-order valence-electron chi connectivity index (χ4n) is 1.69. The smallest absolute Gasteiger partial charge is 0.344 e. The number of carbonyl (C=O) groups excluding carboxylic acids is 2. The Morgan fingerprint density at radius 1 is 1.23 bits per heavy atom. The zero-order chi connectivity index (χ0) is 15.8. The third-order valence-electron chi connectivity index (χ3n) is 2.67. The molecular formula is C16H16N2O4. The first-order chi connectivity index (χ1) is 10.7. The molecule has 0 aliphatic rings. The number of carbonyl (C=O) groups is 2. The number of aromatic nitrogens is 2. The number of hydrogen-bond donors (Lipinski definition) is 0.